The summed E-state index contributed by atoms with van der Waals surface area (Å²) in [5, 5.41) is 5.09. The van der Waals surface area contributed by atoms with E-state index in [1.54, 1.807) is 18.0 Å². The molecular weight excluding hydrogens is 424 g/mol. The van der Waals surface area contributed by atoms with Crippen LogP contribution in [0.2, 0.25) is 0 Å². The van der Waals surface area contributed by atoms with Crippen LogP contribution in [0.1, 0.15) is 12.5 Å². The number of anilines is 1. The van der Waals surface area contributed by atoms with E-state index in [4.69, 9.17) is 4.74 Å². The number of alkyl halides is 1. The largest absolute Gasteiger partial charge is 0.379 e. The van der Waals surface area contributed by atoms with Gasteiger partial charge in [0.2, 0.25) is 5.95 Å². The fourth-order valence-electron chi connectivity index (χ4n) is 2.79. The van der Waals surface area contributed by atoms with Crippen LogP contribution in [0.5, 0.6) is 0 Å². The average molecular weight is 449 g/mol. The van der Waals surface area contributed by atoms with E-state index in [1.807, 2.05) is 6.07 Å². The highest BCUT2D eigenvalue weighted by atomic mass is 79.9. The van der Waals surface area contributed by atoms with Gasteiger partial charge in [0.15, 0.2) is 0 Å². The zero-order valence-corrected chi connectivity index (χ0v) is 17.9. The second-order valence-corrected chi connectivity index (χ2v) is 8.08. The second kappa shape index (κ2) is 10.8. The first kappa shape index (κ1) is 20.3. The first-order valence-corrected chi connectivity index (χ1v) is 11.0. The van der Waals surface area contributed by atoms with E-state index in [0.29, 0.717) is 5.95 Å². The number of aromatic nitrogens is 2. The molecule has 0 aliphatic carbocycles. The number of rotatable bonds is 8. The van der Waals surface area contributed by atoms with Crippen molar-refractivity contribution < 1.29 is 4.74 Å². The summed E-state index contributed by atoms with van der Waals surface area (Å²) in [4.78, 5) is 12.5. The van der Waals surface area contributed by atoms with E-state index in [-0.39, 0.29) is 0 Å². The number of hydrogen-bond donors (Lipinski definition) is 1. The molecule has 1 aliphatic heterocycles. The summed E-state index contributed by atoms with van der Waals surface area (Å²) in [5.41, 5.74) is 2.61. The van der Waals surface area contributed by atoms with Gasteiger partial charge in [0.25, 0.3) is 0 Å². The van der Waals surface area contributed by atoms with Crippen LogP contribution in [-0.2, 0) is 10.1 Å². The lowest BCUT2D eigenvalue weighted by Gasteiger charge is -2.26. The Balaban J connectivity index is 1.51. The smallest absolute Gasteiger partial charge is 0.223 e. The summed E-state index contributed by atoms with van der Waals surface area (Å²) in [5.74, 6) is 0.659. The van der Waals surface area contributed by atoms with Gasteiger partial charge in [-0.3, -0.25) is 4.90 Å². The number of nitrogens with one attached hydrogen (secondary N) is 1. The number of ether oxygens (including phenoxy) is 1. The van der Waals surface area contributed by atoms with Crippen molar-refractivity contribution in [3.05, 3.63) is 53.7 Å². The molecule has 5 nitrogen and oxygen atoms in total. The van der Waals surface area contributed by atoms with Crippen molar-refractivity contribution in [1.29, 1.82) is 0 Å². The molecule has 3 rings (SSSR count). The van der Waals surface area contributed by atoms with Gasteiger partial charge < -0.3 is 10.1 Å². The Hall–Kier alpha value is -1.41. The van der Waals surface area contributed by atoms with Crippen molar-refractivity contribution in [2.75, 3.05) is 44.7 Å². The Morgan fingerprint density at radius 2 is 2.19 bits per heavy atom. The van der Waals surface area contributed by atoms with E-state index in [0.717, 1.165) is 49.7 Å². The van der Waals surface area contributed by atoms with Gasteiger partial charge in [0.1, 0.15) is 5.03 Å². The third-order valence-corrected chi connectivity index (χ3v) is 5.77. The fourth-order valence-corrected chi connectivity index (χ4v) is 4.00. The molecule has 0 bridgehead atoms. The van der Waals surface area contributed by atoms with E-state index in [1.165, 1.54) is 16.0 Å². The van der Waals surface area contributed by atoms with E-state index in [9.17, 15) is 0 Å². The van der Waals surface area contributed by atoms with Crippen LogP contribution in [0.15, 0.2) is 58.1 Å². The summed E-state index contributed by atoms with van der Waals surface area (Å²) >= 11 is 5.15. The first-order chi connectivity index (χ1) is 13.2. The number of hydrogen-bond acceptors (Lipinski definition) is 6. The summed E-state index contributed by atoms with van der Waals surface area (Å²) in [6.45, 7) is 7.58. The summed E-state index contributed by atoms with van der Waals surface area (Å²) in [7, 11) is 0. The molecule has 0 saturated carbocycles. The molecule has 0 unspecified atom stereocenters. The maximum atomic E-state index is 5.39. The van der Waals surface area contributed by atoms with E-state index < -0.39 is 0 Å². The molecule has 0 spiro atoms. The molecule has 1 N–H and O–H groups in total. The van der Waals surface area contributed by atoms with Crippen molar-refractivity contribution >= 4 is 33.6 Å². The monoisotopic (exact) mass is 448 g/mol. The molecule has 2 heterocycles. The molecule has 27 heavy (non-hydrogen) atoms. The van der Waals surface area contributed by atoms with Crippen LogP contribution >= 0.6 is 27.7 Å². The quantitative estimate of drug-likeness (QED) is 0.370. The number of nitrogens with zero attached hydrogens (tertiary/aromatic N) is 3. The first-order valence-electron chi connectivity index (χ1n) is 9.08. The van der Waals surface area contributed by atoms with Crippen molar-refractivity contribution in [2.45, 2.75) is 22.2 Å². The molecule has 1 aliphatic rings. The molecule has 144 valence electrons. The van der Waals surface area contributed by atoms with Crippen LogP contribution in [-0.4, -0.2) is 54.3 Å². The van der Waals surface area contributed by atoms with Crippen LogP contribution in [0, 0.1) is 0 Å². The van der Waals surface area contributed by atoms with Crippen LogP contribution < -0.4 is 5.32 Å². The van der Waals surface area contributed by atoms with Gasteiger partial charge in [0.05, 0.1) is 13.2 Å². The minimum absolute atomic E-state index is 0.659. The normalized spacial score (nSPS) is 15.7. The van der Waals surface area contributed by atoms with Gasteiger partial charge in [0, 0.05) is 42.6 Å². The molecule has 0 amide bonds. The maximum absolute atomic E-state index is 5.39. The van der Waals surface area contributed by atoms with Crippen LogP contribution in [0.4, 0.5) is 5.95 Å². The molecule has 1 aromatic heterocycles. The Morgan fingerprint density at radius 1 is 1.33 bits per heavy atom. The van der Waals surface area contributed by atoms with E-state index >= 15 is 0 Å². The topological polar surface area (TPSA) is 50.3 Å². The second-order valence-electron chi connectivity index (χ2n) is 6.42. The minimum atomic E-state index is 0.659. The molecule has 1 aromatic carbocycles. The Kier molecular flexibility index (Phi) is 8.13. The van der Waals surface area contributed by atoms with Gasteiger partial charge in [-0.15, -0.1) is 0 Å². The zero-order valence-electron chi connectivity index (χ0n) is 15.5. The predicted octanol–water partition coefficient (Wildman–Crippen LogP) is 4.21. The summed E-state index contributed by atoms with van der Waals surface area (Å²) in [6.07, 6.45) is 4.01. The number of halogens is 1. The third kappa shape index (κ3) is 6.92. The molecule has 1 saturated heterocycles. The van der Waals surface area contributed by atoms with Gasteiger partial charge >= 0.3 is 0 Å². The lowest BCUT2D eigenvalue weighted by atomic mass is 10.2. The van der Waals surface area contributed by atoms with Gasteiger partial charge in [-0.2, -0.15) is 0 Å². The Labute approximate surface area is 173 Å². The van der Waals surface area contributed by atoms with Crippen molar-refractivity contribution in [3.63, 3.8) is 0 Å². The SMILES string of the molecule is C/C(=C\CNc1nccc(Sc2cccc(CBr)c2)n1)CN1CCOCC1. The standard InChI is InChI=1S/C20H25BrN4OS/c1-16(15-25-9-11-26-12-10-25)5-7-22-20-23-8-6-19(24-20)27-18-4-2-3-17(13-18)14-21/h2-6,8,13H,7,9-12,14-15H2,1H3,(H,22,23,24)/b16-5+. The predicted molar refractivity (Wildman–Crippen MR) is 115 cm³/mol. The fraction of sp³-hybridized carbons (Fsp3) is 0.400. The third-order valence-electron chi connectivity index (χ3n) is 4.19. The maximum Gasteiger partial charge on any atom is 0.223 e. The number of benzene rings is 1. The molecular formula is C20H25BrN4OS. The Bertz CT molecular complexity index is 765. The molecule has 1 fully saturated rings. The lowest BCUT2D eigenvalue weighted by molar-refractivity contribution is 0.0423. The number of morpholine rings is 1. The zero-order chi connectivity index (χ0) is 18.9. The molecule has 7 heteroatoms. The minimum Gasteiger partial charge on any atom is -0.379 e. The molecule has 0 atom stereocenters. The molecule has 0 radical (unpaired) electrons. The van der Waals surface area contributed by atoms with Crippen molar-refractivity contribution in [3.8, 4) is 0 Å². The van der Waals surface area contributed by atoms with Gasteiger partial charge in [-0.25, -0.2) is 9.97 Å². The average Bonchev–Trinajstić information content (AvgIpc) is 2.69. The highest BCUT2D eigenvalue weighted by Crippen LogP contribution is 2.27. The van der Waals surface area contributed by atoms with Crippen LogP contribution in [0.25, 0.3) is 0 Å². The lowest BCUT2D eigenvalue weighted by Crippen LogP contribution is -2.37. The molecule has 2 aromatic rings. The van der Waals surface area contributed by atoms with Crippen molar-refractivity contribution in [1.82, 2.24) is 14.9 Å². The van der Waals surface area contributed by atoms with Crippen LogP contribution in [0.3, 0.4) is 0 Å². The van der Waals surface area contributed by atoms with Gasteiger partial charge in [-0.05, 0) is 30.7 Å². The summed E-state index contributed by atoms with van der Waals surface area (Å²) < 4.78 is 5.39. The van der Waals surface area contributed by atoms with E-state index in [2.05, 4.69) is 73.4 Å². The Morgan fingerprint density at radius 3 is 3.00 bits per heavy atom. The highest BCUT2D eigenvalue weighted by molar-refractivity contribution is 9.08. The highest BCUT2D eigenvalue weighted by Gasteiger charge is 2.10. The van der Waals surface area contributed by atoms with Crippen molar-refractivity contribution in [2.24, 2.45) is 0 Å². The summed E-state index contributed by atoms with van der Waals surface area (Å²) in [6, 6.07) is 10.4. The van der Waals surface area contributed by atoms with Gasteiger partial charge in [-0.1, -0.05) is 51.5 Å².